The lowest BCUT2D eigenvalue weighted by Crippen LogP contribution is -2.34. The van der Waals surface area contributed by atoms with Crippen LogP contribution in [0.25, 0.3) is 0 Å². The van der Waals surface area contributed by atoms with E-state index in [1.165, 1.54) is 18.5 Å². The van der Waals surface area contributed by atoms with Crippen molar-refractivity contribution in [3.05, 3.63) is 0 Å². The highest BCUT2D eigenvalue weighted by atomic mass is 32.2. The molecule has 1 unspecified atom stereocenters. The van der Waals surface area contributed by atoms with Gasteiger partial charge >= 0.3 is 5.97 Å². The second-order valence-corrected chi connectivity index (χ2v) is 6.54. The number of hydrogen-bond donors (Lipinski definition) is 0. The van der Waals surface area contributed by atoms with Crippen LogP contribution in [-0.2, 0) is 24.3 Å². The number of rotatable bonds is 7. The number of hydrogen-bond acceptors (Lipinski definition) is 5. The fourth-order valence-corrected chi connectivity index (χ4v) is 3.22. The molecule has 1 atom stereocenters. The molecule has 0 aliphatic carbocycles. The molecule has 0 saturated carbocycles. The monoisotopic (exact) mass is 279 g/mol. The standard InChI is InChI=1S/C11H21NO5S/c1-12(7-3-6-11(13)16-2)18(14,15)9-10-5-4-8-17-10/h10H,3-9H2,1-2H3. The largest absolute Gasteiger partial charge is 0.469 e. The topological polar surface area (TPSA) is 72.9 Å². The van der Waals surface area contributed by atoms with E-state index in [-0.39, 0.29) is 24.2 Å². The van der Waals surface area contributed by atoms with E-state index in [4.69, 9.17) is 4.74 Å². The van der Waals surface area contributed by atoms with Crippen LogP contribution in [0.1, 0.15) is 25.7 Å². The van der Waals surface area contributed by atoms with E-state index in [2.05, 4.69) is 4.74 Å². The Balaban J connectivity index is 2.34. The minimum Gasteiger partial charge on any atom is -0.469 e. The Labute approximate surface area is 108 Å². The van der Waals surface area contributed by atoms with Crippen molar-refractivity contribution in [1.29, 1.82) is 0 Å². The summed E-state index contributed by atoms with van der Waals surface area (Å²) >= 11 is 0. The number of carbonyl (C=O) groups excluding carboxylic acids is 1. The van der Waals surface area contributed by atoms with Crippen LogP contribution in [0.3, 0.4) is 0 Å². The van der Waals surface area contributed by atoms with E-state index >= 15 is 0 Å². The Morgan fingerprint density at radius 1 is 1.50 bits per heavy atom. The molecule has 1 heterocycles. The molecule has 0 aromatic rings. The Bertz CT molecular complexity index is 362. The second kappa shape index (κ2) is 7.06. The number of esters is 1. The minimum absolute atomic E-state index is 0.0295. The van der Waals surface area contributed by atoms with Gasteiger partial charge in [-0.05, 0) is 19.3 Å². The first-order valence-electron chi connectivity index (χ1n) is 6.08. The molecule has 0 amide bonds. The van der Waals surface area contributed by atoms with Crippen LogP contribution in [-0.4, -0.2) is 57.9 Å². The number of sulfonamides is 1. The van der Waals surface area contributed by atoms with Gasteiger partial charge in [0.2, 0.25) is 10.0 Å². The molecule has 18 heavy (non-hydrogen) atoms. The third kappa shape index (κ3) is 4.91. The average molecular weight is 279 g/mol. The van der Waals surface area contributed by atoms with Crippen molar-refractivity contribution in [1.82, 2.24) is 4.31 Å². The van der Waals surface area contributed by atoms with Crippen molar-refractivity contribution in [3.63, 3.8) is 0 Å². The highest BCUT2D eigenvalue weighted by Crippen LogP contribution is 2.15. The van der Waals surface area contributed by atoms with E-state index in [9.17, 15) is 13.2 Å². The van der Waals surface area contributed by atoms with Crippen LogP contribution < -0.4 is 0 Å². The van der Waals surface area contributed by atoms with E-state index in [0.717, 1.165) is 12.8 Å². The molecule has 7 heteroatoms. The summed E-state index contributed by atoms with van der Waals surface area (Å²) in [6.07, 6.45) is 2.24. The quantitative estimate of drug-likeness (QED) is 0.630. The van der Waals surface area contributed by atoms with Crippen molar-refractivity contribution < 1.29 is 22.7 Å². The molecule has 1 aliphatic rings. The summed E-state index contributed by atoms with van der Waals surface area (Å²) in [7, 11) is -0.443. The highest BCUT2D eigenvalue weighted by molar-refractivity contribution is 7.89. The molecule has 0 bridgehead atoms. The van der Waals surface area contributed by atoms with Gasteiger partial charge in [0, 0.05) is 26.6 Å². The zero-order valence-electron chi connectivity index (χ0n) is 10.9. The van der Waals surface area contributed by atoms with Gasteiger partial charge in [0.1, 0.15) is 0 Å². The maximum atomic E-state index is 12.0. The van der Waals surface area contributed by atoms with Crippen LogP contribution in [0.15, 0.2) is 0 Å². The van der Waals surface area contributed by atoms with Crippen molar-refractivity contribution in [2.75, 3.05) is 33.1 Å². The first-order chi connectivity index (χ1) is 8.45. The smallest absolute Gasteiger partial charge is 0.305 e. The van der Waals surface area contributed by atoms with Gasteiger partial charge in [-0.2, -0.15) is 0 Å². The molecular formula is C11H21NO5S. The molecule has 0 spiro atoms. The van der Waals surface area contributed by atoms with E-state index in [1.807, 2.05) is 0 Å². The molecule has 1 saturated heterocycles. The molecular weight excluding hydrogens is 258 g/mol. The number of methoxy groups -OCH3 is 1. The lowest BCUT2D eigenvalue weighted by Gasteiger charge is -2.19. The van der Waals surface area contributed by atoms with Crippen LogP contribution in [0.4, 0.5) is 0 Å². The van der Waals surface area contributed by atoms with Gasteiger partial charge in [-0.3, -0.25) is 4.79 Å². The van der Waals surface area contributed by atoms with E-state index in [0.29, 0.717) is 19.6 Å². The predicted molar refractivity (Wildman–Crippen MR) is 66.6 cm³/mol. The van der Waals surface area contributed by atoms with Gasteiger partial charge in [0.15, 0.2) is 0 Å². The molecule has 1 rings (SSSR count). The van der Waals surface area contributed by atoms with E-state index < -0.39 is 10.0 Å². The maximum absolute atomic E-state index is 12.0. The van der Waals surface area contributed by atoms with Crippen molar-refractivity contribution in [3.8, 4) is 0 Å². The van der Waals surface area contributed by atoms with Gasteiger partial charge in [-0.1, -0.05) is 0 Å². The molecule has 1 fully saturated rings. The zero-order chi connectivity index (χ0) is 13.6. The number of carbonyl (C=O) groups is 1. The summed E-state index contributed by atoms with van der Waals surface area (Å²) in [6, 6.07) is 0. The second-order valence-electron chi connectivity index (χ2n) is 4.41. The molecule has 0 aromatic carbocycles. The zero-order valence-corrected chi connectivity index (χ0v) is 11.7. The van der Waals surface area contributed by atoms with Gasteiger partial charge in [0.25, 0.3) is 0 Å². The third-order valence-electron chi connectivity index (χ3n) is 2.98. The normalized spacial score (nSPS) is 20.3. The Morgan fingerprint density at radius 3 is 2.78 bits per heavy atom. The average Bonchev–Trinajstić information content (AvgIpc) is 2.80. The molecule has 1 aliphatic heterocycles. The lowest BCUT2D eigenvalue weighted by atomic mass is 10.3. The fourth-order valence-electron chi connectivity index (χ4n) is 1.83. The summed E-state index contributed by atoms with van der Waals surface area (Å²) in [5, 5.41) is 0. The number of nitrogens with zero attached hydrogens (tertiary/aromatic N) is 1. The summed E-state index contributed by atoms with van der Waals surface area (Å²) in [4.78, 5) is 10.9. The Hall–Kier alpha value is -0.660. The van der Waals surface area contributed by atoms with Crippen molar-refractivity contribution >= 4 is 16.0 Å². The van der Waals surface area contributed by atoms with Crippen molar-refractivity contribution in [2.24, 2.45) is 0 Å². The molecule has 0 radical (unpaired) electrons. The van der Waals surface area contributed by atoms with Crippen LogP contribution in [0.5, 0.6) is 0 Å². The molecule has 106 valence electrons. The van der Waals surface area contributed by atoms with E-state index in [1.54, 1.807) is 0 Å². The summed E-state index contributed by atoms with van der Waals surface area (Å²) < 4.78 is 35.0. The number of ether oxygens (including phenoxy) is 2. The van der Waals surface area contributed by atoms with Crippen molar-refractivity contribution in [2.45, 2.75) is 31.8 Å². The maximum Gasteiger partial charge on any atom is 0.305 e. The fraction of sp³-hybridized carbons (Fsp3) is 0.909. The van der Waals surface area contributed by atoms with Crippen LogP contribution >= 0.6 is 0 Å². The highest BCUT2D eigenvalue weighted by Gasteiger charge is 2.26. The summed E-state index contributed by atoms with van der Waals surface area (Å²) in [6.45, 7) is 0.969. The Kier molecular flexibility index (Phi) is 6.04. The summed E-state index contributed by atoms with van der Waals surface area (Å²) in [5.74, 6) is -0.290. The molecule has 0 N–H and O–H groups in total. The Morgan fingerprint density at radius 2 is 2.22 bits per heavy atom. The van der Waals surface area contributed by atoms with Crippen LogP contribution in [0, 0.1) is 0 Å². The van der Waals surface area contributed by atoms with Gasteiger partial charge in [0.05, 0.1) is 19.0 Å². The first-order valence-corrected chi connectivity index (χ1v) is 7.69. The first kappa shape index (κ1) is 15.4. The van der Waals surface area contributed by atoms with Crippen LogP contribution in [0.2, 0.25) is 0 Å². The molecule has 0 aromatic heterocycles. The van der Waals surface area contributed by atoms with Gasteiger partial charge in [-0.15, -0.1) is 0 Å². The van der Waals surface area contributed by atoms with Gasteiger partial charge < -0.3 is 9.47 Å². The molecule has 6 nitrogen and oxygen atoms in total. The summed E-state index contributed by atoms with van der Waals surface area (Å²) in [5.41, 5.74) is 0. The lowest BCUT2D eigenvalue weighted by molar-refractivity contribution is -0.140. The minimum atomic E-state index is -3.29. The predicted octanol–water partition coefficient (Wildman–Crippen LogP) is 0.380. The van der Waals surface area contributed by atoms with Gasteiger partial charge in [-0.25, -0.2) is 12.7 Å². The SMILES string of the molecule is COC(=O)CCCN(C)S(=O)(=O)CC1CCCO1. The third-order valence-corrected chi connectivity index (χ3v) is 4.90.